The average Bonchev–Trinajstić information content (AvgIpc) is 2.55. The number of aliphatic hydroxyl groups is 1. The van der Waals surface area contributed by atoms with E-state index in [-0.39, 0.29) is 11.8 Å². The molecule has 0 aliphatic heterocycles. The molecule has 0 aromatic heterocycles. The molecule has 0 unspecified atom stereocenters. The molecule has 2 aromatic rings. The number of aromatic hydroxyl groups is 1. The van der Waals surface area contributed by atoms with E-state index in [1.54, 1.807) is 6.21 Å². The summed E-state index contributed by atoms with van der Waals surface area (Å²) >= 11 is 4.32. The number of aliphatic imine (C=N–C) groups is 1. The zero-order valence-corrected chi connectivity index (χ0v) is 17.1. The van der Waals surface area contributed by atoms with Gasteiger partial charge in [0.1, 0.15) is 5.75 Å². The zero-order valence-electron chi connectivity index (χ0n) is 12.8. The van der Waals surface area contributed by atoms with Crippen molar-refractivity contribution in [1.29, 1.82) is 0 Å². The van der Waals surface area contributed by atoms with E-state index in [2.05, 4.69) is 50.2 Å². The zero-order chi connectivity index (χ0) is 16.8. The molecular weight excluding hydrogens is 516 g/mol. The van der Waals surface area contributed by atoms with Crippen molar-refractivity contribution < 1.29 is 10.2 Å². The first kappa shape index (κ1) is 18.7. The van der Waals surface area contributed by atoms with Crippen molar-refractivity contribution in [1.82, 2.24) is 0 Å². The van der Waals surface area contributed by atoms with Gasteiger partial charge in [-0.15, -0.1) is 0 Å². The molecule has 0 spiro atoms. The second-order valence-corrected chi connectivity index (χ2v) is 7.74. The molecule has 3 nitrogen and oxygen atoms in total. The van der Waals surface area contributed by atoms with Crippen LogP contribution in [0.4, 0.5) is 0 Å². The van der Waals surface area contributed by atoms with Crippen LogP contribution in [0.25, 0.3) is 0 Å². The van der Waals surface area contributed by atoms with Gasteiger partial charge in [-0.2, -0.15) is 0 Å². The number of phenols is 1. The molecule has 0 heterocycles. The quantitative estimate of drug-likeness (QED) is 0.426. The molecule has 2 atom stereocenters. The second kappa shape index (κ2) is 8.98. The summed E-state index contributed by atoms with van der Waals surface area (Å²) in [5, 5.41) is 20.4. The Hall–Kier alpha value is -0.670. The average molecular weight is 535 g/mol. The van der Waals surface area contributed by atoms with Crippen LogP contribution < -0.4 is 0 Å². The van der Waals surface area contributed by atoms with Gasteiger partial charge in [0.25, 0.3) is 0 Å². The van der Waals surface area contributed by atoms with Crippen molar-refractivity contribution in [3.63, 3.8) is 0 Å². The predicted molar refractivity (Wildman–Crippen MR) is 111 cm³/mol. The molecule has 2 rings (SSSR count). The molecule has 0 aliphatic rings. The van der Waals surface area contributed by atoms with Crippen LogP contribution in [-0.2, 0) is 6.42 Å². The Bertz CT molecular complexity index is 674. The first-order valence-corrected chi connectivity index (χ1v) is 9.60. The van der Waals surface area contributed by atoms with Crippen molar-refractivity contribution >= 4 is 51.4 Å². The minimum Gasteiger partial charge on any atom is -0.506 e. The summed E-state index contributed by atoms with van der Waals surface area (Å²) in [6.07, 6.45) is 2.49. The third-order valence-corrected chi connectivity index (χ3v) is 5.06. The fourth-order valence-electron chi connectivity index (χ4n) is 2.28. The van der Waals surface area contributed by atoms with Crippen LogP contribution >= 0.6 is 45.2 Å². The summed E-state index contributed by atoms with van der Waals surface area (Å²) in [5.74, 6) is 0.235. The lowest BCUT2D eigenvalue weighted by atomic mass is 10.0. The molecule has 5 heteroatoms. The molecule has 122 valence electrons. The van der Waals surface area contributed by atoms with E-state index in [1.807, 2.05) is 49.4 Å². The molecular formula is C18H19I2NO2. The van der Waals surface area contributed by atoms with Gasteiger partial charge in [-0.3, -0.25) is 4.99 Å². The van der Waals surface area contributed by atoms with Crippen molar-refractivity contribution in [3.8, 4) is 5.75 Å². The van der Waals surface area contributed by atoms with Gasteiger partial charge in [0.15, 0.2) is 0 Å². The third-order valence-electron chi connectivity index (χ3n) is 3.61. The number of hydrogen-bond donors (Lipinski definition) is 2. The van der Waals surface area contributed by atoms with Crippen molar-refractivity contribution in [2.75, 3.05) is 0 Å². The summed E-state index contributed by atoms with van der Waals surface area (Å²) in [6, 6.07) is 13.6. The highest BCUT2D eigenvalue weighted by Gasteiger charge is 2.17. The van der Waals surface area contributed by atoms with E-state index < -0.39 is 6.10 Å². The van der Waals surface area contributed by atoms with Gasteiger partial charge in [-0.25, -0.2) is 0 Å². The monoisotopic (exact) mass is 535 g/mol. The van der Waals surface area contributed by atoms with Crippen LogP contribution in [0.3, 0.4) is 0 Å². The second-order valence-electron chi connectivity index (χ2n) is 5.34. The lowest BCUT2D eigenvalue weighted by Gasteiger charge is -2.18. The van der Waals surface area contributed by atoms with Crippen molar-refractivity contribution in [2.45, 2.75) is 31.9 Å². The number of rotatable bonds is 6. The normalized spacial score (nSPS) is 14.1. The Morgan fingerprint density at radius 3 is 2.52 bits per heavy atom. The number of hydrogen-bond acceptors (Lipinski definition) is 3. The Morgan fingerprint density at radius 1 is 1.17 bits per heavy atom. The summed E-state index contributed by atoms with van der Waals surface area (Å²) in [4.78, 5) is 4.56. The lowest BCUT2D eigenvalue weighted by Crippen LogP contribution is -2.26. The summed E-state index contributed by atoms with van der Waals surface area (Å²) in [7, 11) is 0. The van der Waals surface area contributed by atoms with E-state index >= 15 is 0 Å². The van der Waals surface area contributed by atoms with E-state index in [0.29, 0.717) is 18.4 Å². The molecule has 0 bridgehead atoms. The highest BCUT2D eigenvalue weighted by Crippen LogP contribution is 2.26. The minimum atomic E-state index is -0.504. The topological polar surface area (TPSA) is 52.8 Å². The maximum atomic E-state index is 10.3. The SMILES string of the molecule is CC[C@H](O)[C@H](Cc1ccccc1)N=Cc1cc(I)cc(I)c1O. The van der Waals surface area contributed by atoms with E-state index in [9.17, 15) is 10.2 Å². The van der Waals surface area contributed by atoms with Crippen LogP contribution in [-0.4, -0.2) is 28.6 Å². The van der Waals surface area contributed by atoms with E-state index in [0.717, 1.165) is 12.7 Å². The molecule has 2 aromatic carbocycles. The number of phenolic OH excluding ortho intramolecular Hbond substituents is 1. The summed E-state index contributed by atoms with van der Waals surface area (Å²) < 4.78 is 1.84. The van der Waals surface area contributed by atoms with Crippen LogP contribution in [0, 0.1) is 7.14 Å². The number of nitrogens with zero attached hydrogens (tertiary/aromatic N) is 1. The Balaban J connectivity index is 2.24. The molecule has 0 saturated carbocycles. The molecule has 0 fully saturated rings. The van der Waals surface area contributed by atoms with Crippen LogP contribution in [0.2, 0.25) is 0 Å². The number of benzene rings is 2. The molecule has 0 radical (unpaired) electrons. The number of halogens is 2. The third kappa shape index (κ3) is 5.42. The molecule has 2 N–H and O–H groups in total. The van der Waals surface area contributed by atoms with Gasteiger partial charge >= 0.3 is 0 Å². The summed E-state index contributed by atoms with van der Waals surface area (Å²) in [6.45, 7) is 1.95. The first-order chi connectivity index (χ1) is 11.0. The maximum absolute atomic E-state index is 10.3. The van der Waals surface area contributed by atoms with Gasteiger partial charge in [0.05, 0.1) is 15.7 Å². The van der Waals surface area contributed by atoms with E-state index in [4.69, 9.17) is 0 Å². The van der Waals surface area contributed by atoms with Crippen molar-refractivity contribution in [2.24, 2.45) is 4.99 Å². The Morgan fingerprint density at radius 2 is 1.87 bits per heavy atom. The van der Waals surface area contributed by atoms with Crippen LogP contribution in [0.1, 0.15) is 24.5 Å². The van der Waals surface area contributed by atoms with Crippen LogP contribution in [0.5, 0.6) is 5.75 Å². The van der Waals surface area contributed by atoms with Gasteiger partial charge in [-0.1, -0.05) is 37.3 Å². The van der Waals surface area contributed by atoms with Gasteiger partial charge < -0.3 is 10.2 Å². The van der Waals surface area contributed by atoms with Gasteiger partial charge in [0, 0.05) is 15.3 Å². The Kier molecular flexibility index (Phi) is 7.29. The fourth-order valence-corrected chi connectivity index (χ4v) is 4.17. The highest BCUT2D eigenvalue weighted by molar-refractivity contribution is 14.1. The lowest BCUT2D eigenvalue weighted by molar-refractivity contribution is 0.141. The number of aliphatic hydroxyl groups excluding tert-OH is 1. The highest BCUT2D eigenvalue weighted by atomic mass is 127. The van der Waals surface area contributed by atoms with Crippen molar-refractivity contribution in [3.05, 3.63) is 60.7 Å². The smallest absolute Gasteiger partial charge is 0.137 e. The molecule has 0 aliphatic carbocycles. The Labute approximate surface area is 164 Å². The standard InChI is InChI=1S/C18H19I2NO2/c1-2-17(22)16(8-12-6-4-3-5-7-12)21-11-13-9-14(19)10-15(20)18(13)23/h3-7,9-11,16-17,22-23H,2,8H2,1H3/t16-,17-/m0/s1. The maximum Gasteiger partial charge on any atom is 0.137 e. The first-order valence-electron chi connectivity index (χ1n) is 7.44. The molecule has 23 heavy (non-hydrogen) atoms. The predicted octanol–water partition coefficient (Wildman–Crippen LogP) is 4.40. The largest absolute Gasteiger partial charge is 0.506 e. The molecule has 0 saturated heterocycles. The van der Waals surface area contributed by atoms with Gasteiger partial charge in [0.2, 0.25) is 0 Å². The molecule has 0 amide bonds. The minimum absolute atomic E-state index is 0.225. The van der Waals surface area contributed by atoms with Crippen LogP contribution in [0.15, 0.2) is 47.5 Å². The van der Waals surface area contributed by atoms with Gasteiger partial charge in [-0.05, 0) is 75.7 Å². The fraction of sp³-hybridized carbons (Fsp3) is 0.278. The van der Waals surface area contributed by atoms with E-state index in [1.165, 1.54) is 0 Å². The summed E-state index contributed by atoms with van der Waals surface area (Å²) in [5.41, 5.74) is 1.83.